The van der Waals surface area contributed by atoms with Gasteiger partial charge < -0.3 is 10.2 Å². The van der Waals surface area contributed by atoms with Gasteiger partial charge in [0.15, 0.2) is 0 Å². The van der Waals surface area contributed by atoms with E-state index in [0.29, 0.717) is 12.6 Å². The van der Waals surface area contributed by atoms with Gasteiger partial charge in [-0.2, -0.15) is 0 Å². The second kappa shape index (κ2) is 7.62. The summed E-state index contributed by atoms with van der Waals surface area (Å²) < 4.78 is 0. The molecule has 1 N–H and O–H groups in total. The maximum atomic E-state index is 12.1. The Bertz CT molecular complexity index is 330. The lowest BCUT2D eigenvalue weighted by Crippen LogP contribution is -2.51. The highest BCUT2D eigenvalue weighted by Gasteiger charge is 2.21. The van der Waals surface area contributed by atoms with E-state index in [2.05, 4.69) is 10.2 Å². The summed E-state index contributed by atoms with van der Waals surface area (Å²) in [4.78, 5) is 27.3. The average Bonchev–Trinajstić information content (AvgIpc) is 2.68. The first-order valence-electron chi connectivity index (χ1n) is 7.92. The summed E-state index contributed by atoms with van der Waals surface area (Å²) in [5.41, 5.74) is 0. The van der Waals surface area contributed by atoms with Crippen LogP contribution in [0.15, 0.2) is 0 Å². The van der Waals surface area contributed by atoms with Gasteiger partial charge >= 0.3 is 0 Å². The molecule has 0 spiro atoms. The molecule has 5 nitrogen and oxygen atoms in total. The second-order valence-corrected chi connectivity index (χ2v) is 6.04. The van der Waals surface area contributed by atoms with Crippen LogP contribution in [0.4, 0.5) is 0 Å². The molecule has 1 aliphatic carbocycles. The van der Waals surface area contributed by atoms with E-state index in [4.69, 9.17) is 0 Å². The number of nitrogens with zero attached hydrogens (tertiary/aromatic N) is 2. The van der Waals surface area contributed by atoms with Crippen LogP contribution in [0.5, 0.6) is 0 Å². The molecule has 20 heavy (non-hydrogen) atoms. The second-order valence-electron chi connectivity index (χ2n) is 6.04. The third-order valence-electron chi connectivity index (χ3n) is 4.41. The highest BCUT2D eigenvalue weighted by molar-refractivity contribution is 5.78. The zero-order valence-corrected chi connectivity index (χ0v) is 12.6. The number of hydrogen-bond donors (Lipinski definition) is 1. The summed E-state index contributed by atoms with van der Waals surface area (Å²) in [5.74, 6) is 0.278. The quantitative estimate of drug-likeness (QED) is 0.785. The van der Waals surface area contributed by atoms with E-state index in [1.165, 1.54) is 25.7 Å². The van der Waals surface area contributed by atoms with Crippen LogP contribution >= 0.6 is 0 Å². The van der Waals surface area contributed by atoms with Gasteiger partial charge in [0.25, 0.3) is 0 Å². The minimum Gasteiger partial charge on any atom is -0.352 e. The Kier molecular flexibility index (Phi) is 5.83. The van der Waals surface area contributed by atoms with Crippen molar-refractivity contribution >= 4 is 11.8 Å². The Balaban J connectivity index is 1.68. The molecule has 0 bridgehead atoms. The Morgan fingerprint density at radius 2 is 1.60 bits per heavy atom. The molecule has 0 atom stereocenters. The molecule has 2 rings (SSSR count). The summed E-state index contributed by atoms with van der Waals surface area (Å²) in [5, 5.41) is 3.18. The molecular formula is C15H27N3O2. The molecule has 1 heterocycles. The molecule has 1 saturated carbocycles. The topological polar surface area (TPSA) is 52.7 Å². The van der Waals surface area contributed by atoms with Gasteiger partial charge in [0.05, 0.1) is 6.54 Å². The van der Waals surface area contributed by atoms with Crippen LogP contribution < -0.4 is 5.32 Å². The van der Waals surface area contributed by atoms with Crippen molar-refractivity contribution in [2.45, 2.75) is 51.5 Å². The standard InChI is InChI=1S/C15H27N3O2/c1-13(19)18-10-8-17(9-11-18)12-15(20)16-14-6-4-2-3-5-7-14/h14H,2-12H2,1H3,(H,16,20). The molecule has 2 aliphatic rings. The van der Waals surface area contributed by atoms with Crippen molar-refractivity contribution in [3.63, 3.8) is 0 Å². The van der Waals surface area contributed by atoms with Gasteiger partial charge in [-0.1, -0.05) is 25.7 Å². The smallest absolute Gasteiger partial charge is 0.234 e. The summed E-state index contributed by atoms with van der Waals surface area (Å²) in [6, 6.07) is 0.378. The molecule has 0 aromatic carbocycles. The van der Waals surface area contributed by atoms with E-state index in [-0.39, 0.29) is 11.8 Å². The molecular weight excluding hydrogens is 254 g/mol. The van der Waals surface area contributed by atoms with E-state index >= 15 is 0 Å². The van der Waals surface area contributed by atoms with Crippen LogP contribution in [0.2, 0.25) is 0 Å². The number of carbonyl (C=O) groups is 2. The monoisotopic (exact) mass is 281 g/mol. The van der Waals surface area contributed by atoms with Crippen molar-refractivity contribution in [1.82, 2.24) is 15.1 Å². The van der Waals surface area contributed by atoms with Crippen LogP contribution in [0.3, 0.4) is 0 Å². The summed E-state index contributed by atoms with van der Waals surface area (Å²) in [6.07, 6.45) is 7.34. The number of hydrogen-bond acceptors (Lipinski definition) is 3. The maximum Gasteiger partial charge on any atom is 0.234 e. The third-order valence-corrected chi connectivity index (χ3v) is 4.41. The van der Waals surface area contributed by atoms with Gasteiger partial charge in [-0.25, -0.2) is 0 Å². The zero-order chi connectivity index (χ0) is 14.4. The SMILES string of the molecule is CC(=O)N1CCN(CC(=O)NC2CCCCCC2)CC1. The van der Waals surface area contributed by atoms with Crippen LogP contribution in [-0.2, 0) is 9.59 Å². The molecule has 0 aromatic rings. The Morgan fingerprint density at radius 1 is 1.00 bits per heavy atom. The van der Waals surface area contributed by atoms with Crippen molar-refractivity contribution in [1.29, 1.82) is 0 Å². The number of piperazine rings is 1. The van der Waals surface area contributed by atoms with E-state index in [1.54, 1.807) is 6.92 Å². The fraction of sp³-hybridized carbons (Fsp3) is 0.867. The number of nitrogens with one attached hydrogen (secondary N) is 1. The Hall–Kier alpha value is -1.10. The van der Waals surface area contributed by atoms with Crippen molar-refractivity contribution < 1.29 is 9.59 Å². The highest BCUT2D eigenvalue weighted by atomic mass is 16.2. The highest BCUT2D eigenvalue weighted by Crippen LogP contribution is 2.17. The van der Waals surface area contributed by atoms with Crippen molar-refractivity contribution in [3.8, 4) is 0 Å². The van der Waals surface area contributed by atoms with E-state index in [0.717, 1.165) is 39.0 Å². The molecule has 5 heteroatoms. The van der Waals surface area contributed by atoms with Gasteiger partial charge in [0.1, 0.15) is 0 Å². The minimum atomic E-state index is 0.132. The molecule has 0 aromatic heterocycles. The molecule has 0 unspecified atom stereocenters. The van der Waals surface area contributed by atoms with Crippen LogP contribution in [-0.4, -0.2) is 60.4 Å². The zero-order valence-electron chi connectivity index (χ0n) is 12.6. The van der Waals surface area contributed by atoms with E-state index < -0.39 is 0 Å². The lowest BCUT2D eigenvalue weighted by atomic mass is 10.1. The summed E-state index contributed by atoms with van der Waals surface area (Å²) in [6.45, 7) is 5.17. The molecule has 114 valence electrons. The summed E-state index contributed by atoms with van der Waals surface area (Å²) in [7, 11) is 0. The first-order chi connectivity index (χ1) is 9.65. The fourth-order valence-corrected chi connectivity index (χ4v) is 3.12. The number of amides is 2. The minimum absolute atomic E-state index is 0.132. The average molecular weight is 281 g/mol. The lowest BCUT2D eigenvalue weighted by molar-refractivity contribution is -0.131. The predicted molar refractivity (Wildman–Crippen MR) is 78.3 cm³/mol. The molecule has 0 radical (unpaired) electrons. The molecule has 1 aliphatic heterocycles. The van der Waals surface area contributed by atoms with Gasteiger partial charge in [0, 0.05) is 39.1 Å². The van der Waals surface area contributed by atoms with Crippen LogP contribution in [0.1, 0.15) is 45.4 Å². The van der Waals surface area contributed by atoms with E-state index in [1.807, 2.05) is 4.90 Å². The first kappa shape index (κ1) is 15.3. The maximum absolute atomic E-state index is 12.1. The van der Waals surface area contributed by atoms with Gasteiger partial charge in [0.2, 0.25) is 11.8 Å². The first-order valence-corrected chi connectivity index (χ1v) is 7.92. The van der Waals surface area contributed by atoms with Gasteiger partial charge in [-0.3, -0.25) is 14.5 Å². The third kappa shape index (κ3) is 4.78. The van der Waals surface area contributed by atoms with Crippen molar-refractivity contribution in [3.05, 3.63) is 0 Å². The van der Waals surface area contributed by atoms with Crippen molar-refractivity contribution in [2.75, 3.05) is 32.7 Å². The van der Waals surface area contributed by atoms with Gasteiger partial charge in [-0.05, 0) is 12.8 Å². The van der Waals surface area contributed by atoms with Crippen LogP contribution in [0, 0.1) is 0 Å². The van der Waals surface area contributed by atoms with Gasteiger partial charge in [-0.15, -0.1) is 0 Å². The largest absolute Gasteiger partial charge is 0.352 e. The molecule has 2 amide bonds. The Morgan fingerprint density at radius 3 is 2.15 bits per heavy atom. The normalized spacial score (nSPS) is 22.4. The number of carbonyl (C=O) groups excluding carboxylic acids is 2. The molecule has 1 saturated heterocycles. The molecule has 2 fully saturated rings. The number of rotatable bonds is 3. The Labute approximate surface area is 121 Å². The summed E-state index contributed by atoms with van der Waals surface area (Å²) >= 11 is 0. The van der Waals surface area contributed by atoms with Crippen molar-refractivity contribution in [2.24, 2.45) is 0 Å². The fourth-order valence-electron chi connectivity index (χ4n) is 3.12. The lowest BCUT2D eigenvalue weighted by Gasteiger charge is -2.34. The van der Waals surface area contributed by atoms with E-state index in [9.17, 15) is 9.59 Å². The predicted octanol–water partition coefficient (Wildman–Crippen LogP) is 0.989. The van der Waals surface area contributed by atoms with Crippen LogP contribution in [0.25, 0.3) is 0 Å².